The van der Waals surface area contributed by atoms with Crippen LogP contribution in [0.3, 0.4) is 0 Å². The van der Waals surface area contributed by atoms with E-state index in [2.05, 4.69) is 9.97 Å². The van der Waals surface area contributed by atoms with Gasteiger partial charge in [-0.05, 0) is 11.4 Å². The van der Waals surface area contributed by atoms with Crippen molar-refractivity contribution < 1.29 is 14.7 Å². The molecule has 0 spiro atoms. The normalized spacial score (nSPS) is 10.1. The van der Waals surface area contributed by atoms with E-state index in [0.717, 1.165) is 4.88 Å². The average Bonchev–Trinajstić information content (AvgIpc) is 2.86. The molecule has 2 aromatic heterocycles. The van der Waals surface area contributed by atoms with Gasteiger partial charge in [-0.2, -0.15) is 0 Å². The summed E-state index contributed by atoms with van der Waals surface area (Å²) in [6.45, 7) is 0. The third-order valence-corrected chi connectivity index (χ3v) is 2.65. The van der Waals surface area contributed by atoms with E-state index < -0.39 is 11.8 Å². The largest absolute Gasteiger partial charge is 0.475 e. The quantitative estimate of drug-likeness (QED) is 0.607. The zero-order valence-electron chi connectivity index (χ0n) is 7.43. The molecule has 0 saturated carbocycles. The summed E-state index contributed by atoms with van der Waals surface area (Å²) in [4.78, 5) is 28.9. The van der Waals surface area contributed by atoms with E-state index in [4.69, 9.17) is 5.11 Å². The van der Waals surface area contributed by atoms with Crippen LogP contribution in [0.5, 0.6) is 0 Å². The Hall–Kier alpha value is -1.95. The molecule has 76 valence electrons. The van der Waals surface area contributed by atoms with Crippen LogP contribution in [-0.4, -0.2) is 26.8 Å². The lowest BCUT2D eigenvalue weighted by molar-refractivity contribution is -0.131. The van der Waals surface area contributed by atoms with E-state index >= 15 is 0 Å². The molecular formula is C9H6N2O3S. The second kappa shape index (κ2) is 3.66. The summed E-state index contributed by atoms with van der Waals surface area (Å²) in [5.74, 6) is -1.96. The molecule has 0 unspecified atom stereocenters. The fourth-order valence-electron chi connectivity index (χ4n) is 1.09. The molecule has 6 heteroatoms. The van der Waals surface area contributed by atoms with Crippen molar-refractivity contribution in [1.82, 2.24) is 9.97 Å². The molecule has 2 N–H and O–H groups in total. The van der Waals surface area contributed by atoms with Crippen LogP contribution in [0.4, 0.5) is 0 Å². The number of Topliss-reactive ketones (excluding diaryl/α,β-unsaturated/α-hetero) is 1. The lowest BCUT2D eigenvalue weighted by Crippen LogP contribution is -2.12. The van der Waals surface area contributed by atoms with Crippen LogP contribution in [0, 0.1) is 0 Å². The Morgan fingerprint density at radius 2 is 2.27 bits per heavy atom. The number of hydrogen-bond acceptors (Lipinski definition) is 4. The van der Waals surface area contributed by atoms with Gasteiger partial charge in [0.05, 0.1) is 11.1 Å². The number of carbonyl (C=O) groups excluding carboxylic acids is 1. The number of nitrogens with one attached hydrogen (secondary N) is 1. The Bertz CT molecular complexity index is 501. The van der Waals surface area contributed by atoms with Crippen LogP contribution in [0.25, 0.3) is 10.7 Å². The SMILES string of the molecule is O=C(O)C(=O)c1cnc(-c2cccs2)[nH]1. The standard InChI is InChI=1S/C9H6N2O3S/c12-7(9(13)14)5-4-10-8(11-5)6-2-1-3-15-6/h1-4H,(H,10,11)(H,13,14). The Balaban J connectivity index is 2.33. The molecule has 0 aliphatic carbocycles. The number of carboxylic acids is 1. The molecule has 0 aliphatic heterocycles. The van der Waals surface area contributed by atoms with Crippen LogP contribution >= 0.6 is 11.3 Å². The van der Waals surface area contributed by atoms with Crippen molar-refractivity contribution in [1.29, 1.82) is 0 Å². The van der Waals surface area contributed by atoms with E-state index in [9.17, 15) is 9.59 Å². The third-order valence-electron chi connectivity index (χ3n) is 1.77. The number of aliphatic carboxylic acids is 1. The predicted molar refractivity (Wildman–Crippen MR) is 53.9 cm³/mol. The highest BCUT2D eigenvalue weighted by atomic mass is 32.1. The highest BCUT2D eigenvalue weighted by molar-refractivity contribution is 7.13. The van der Waals surface area contributed by atoms with Gasteiger partial charge in [0, 0.05) is 0 Å². The molecule has 5 nitrogen and oxygen atoms in total. The number of carbonyl (C=O) groups is 2. The summed E-state index contributed by atoms with van der Waals surface area (Å²) < 4.78 is 0. The van der Waals surface area contributed by atoms with Gasteiger partial charge in [0.1, 0.15) is 11.5 Å². The van der Waals surface area contributed by atoms with Crippen molar-refractivity contribution in [2.75, 3.05) is 0 Å². The Labute approximate surface area is 88.4 Å². The predicted octanol–water partition coefficient (Wildman–Crippen LogP) is 1.41. The molecule has 0 aromatic carbocycles. The van der Waals surface area contributed by atoms with Gasteiger partial charge in [0.25, 0.3) is 5.78 Å². The van der Waals surface area contributed by atoms with Gasteiger partial charge in [-0.15, -0.1) is 11.3 Å². The molecular weight excluding hydrogens is 216 g/mol. The number of imidazole rings is 1. The molecule has 0 saturated heterocycles. The van der Waals surface area contributed by atoms with Gasteiger partial charge in [0.15, 0.2) is 0 Å². The van der Waals surface area contributed by atoms with Crippen LogP contribution in [0.15, 0.2) is 23.7 Å². The van der Waals surface area contributed by atoms with Gasteiger partial charge in [-0.25, -0.2) is 9.78 Å². The van der Waals surface area contributed by atoms with Crippen molar-refractivity contribution >= 4 is 23.1 Å². The molecule has 2 heterocycles. The first-order chi connectivity index (χ1) is 7.18. The third kappa shape index (κ3) is 1.79. The topological polar surface area (TPSA) is 83.0 Å². The highest BCUT2D eigenvalue weighted by Crippen LogP contribution is 2.21. The molecule has 2 aromatic rings. The van der Waals surface area contributed by atoms with Crippen molar-refractivity contribution in [3.8, 4) is 10.7 Å². The fraction of sp³-hybridized carbons (Fsp3) is 0. The second-order valence-corrected chi connectivity index (χ2v) is 3.70. The Kier molecular flexibility index (Phi) is 2.34. The zero-order valence-corrected chi connectivity index (χ0v) is 8.25. The number of thiophene rings is 1. The van der Waals surface area contributed by atoms with Gasteiger partial charge < -0.3 is 10.1 Å². The minimum atomic E-state index is -1.49. The maximum Gasteiger partial charge on any atom is 0.378 e. The van der Waals surface area contributed by atoms with Crippen LogP contribution in [0.1, 0.15) is 10.5 Å². The monoisotopic (exact) mass is 222 g/mol. The summed E-state index contributed by atoms with van der Waals surface area (Å²) in [5.41, 5.74) is -0.00843. The molecule has 0 radical (unpaired) electrons. The highest BCUT2D eigenvalue weighted by Gasteiger charge is 2.17. The number of aromatic amines is 1. The summed E-state index contributed by atoms with van der Waals surface area (Å²) in [7, 11) is 0. The lowest BCUT2D eigenvalue weighted by atomic mass is 10.3. The Morgan fingerprint density at radius 1 is 1.47 bits per heavy atom. The summed E-state index contributed by atoms with van der Waals surface area (Å²) >= 11 is 1.46. The molecule has 0 bridgehead atoms. The second-order valence-electron chi connectivity index (χ2n) is 2.76. The summed E-state index contributed by atoms with van der Waals surface area (Å²) in [6, 6.07) is 3.68. The number of carboxylic acid groups (broad SMARTS) is 1. The maximum atomic E-state index is 11.1. The minimum Gasteiger partial charge on any atom is -0.475 e. The van der Waals surface area contributed by atoms with E-state index in [1.54, 1.807) is 0 Å². The first kappa shape index (κ1) is 9.60. The number of ketones is 1. The molecule has 0 atom stereocenters. The van der Waals surface area contributed by atoms with Gasteiger partial charge in [-0.1, -0.05) is 6.07 Å². The Morgan fingerprint density at radius 3 is 2.87 bits per heavy atom. The number of aromatic nitrogens is 2. The van der Waals surface area contributed by atoms with Crippen LogP contribution in [-0.2, 0) is 4.79 Å². The average molecular weight is 222 g/mol. The van der Waals surface area contributed by atoms with Gasteiger partial charge in [-0.3, -0.25) is 4.79 Å². The number of nitrogens with zero attached hydrogens (tertiary/aromatic N) is 1. The van der Waals surface area contributed by atoms with E-state index in [1.807, 2.05) is 17.5 Å². The van der Waals surface area contributed by atoms with Crippen molar-refractivity contribution in [3.63, 3.8) is 0 Å². The van der Waals surface area contributed by atoms with Gasteiger partial charge in [0.2, 0.25) is 0 Å². The molecule has 0 fully saturated rings. The minimum absolute atomic E-state index is 0.00843. The van der Waals surface area contributed by atoms with Crippen molar-refractivity contribution in [3.05, 3.63) is 29.4 Å². The van der Waals surface area contributed by atoms with E-state index in [0.29, 0.717) is 5.82 Å². The molecule has 2 rings (SSSR count). The van der Waals surface area contributed by atoms with Gasteiger partial charge >= 0.3 is 5.97 Å². The first-order valence-electron chi connectivity index (χ1n) is 4.05. The summed E-state index contributed by atoms with van der Waals surface area (Å²) in [6.07, 6.45) is 1.23. The molecule has 0 amide bonds. The molecule has 0 aliphatic rings. The van der Waals surface area contributed by atoms with Crippen LogP contribution in [0.2, 0.25) is 0 Å². The molecule has 15 heavy (non-hydrogen) atoms. The summed E-state index contributed by atoms with van der Waals surface area (Å²) in [5, 5.41) is 10.4. The number of rotatable bonds is 3. The van der Waals surface area contributed by atoms with Crippen molar-refractivity contribution in [2.24, 2.45) is 0 Å². The lowest BCUT2D eigenvalue weighted by Gasteiger charge is -1.89. The zero-order chi connectivity index (χ0) is 10.8. The van der Waals surface area contributed by atoms with Crippen LogP contribution < -0.4 is 0 Å². The maximum absolute atomic E-state index is 11.1. The van der Waals surface area contributed by atoms with E-state index in [1.165, 1.54) is 17.5 Å². The van der Waals surface area contributed by atoms with Crippen molar-refractivity contribution in [2.45, 2.75) is 0 Å². The fourth-order valence-corrected chi connectivity index (χ4v) is 1.77. The number of hydrogen-bond donors (Lipinski definition) is 2. The smallest absolute Gasteiger partial charge is 0.378 e. The number of H-pyrrole nitrogens is 1. The van der Waals surface area contributed by atoms with E-state index in [-0.39, 0.29) is 5.69 Å². The first-order valence-corrected chi connectivity index (χ1v) is 4.93.